The van der Waals surface area contributed by atoms with E-state index in [9.17, 15) is 0 Å². The molecule has 2 rings (SSSR count). The SMILES string of the molecule is Cc1nn(C)c2ccncc12.N. The second-order valence-corrected chi connectivity index (χ2v) is 2.60. The number of aromatic nitrogens is 3. The van der Waals surface area contributed by atoms with E-state index in [1.807, 2.05) is 30.9 Å². The Hall–Kier alpha value is -1.42. The van der Waals surface area contributed by atoms with Crippen molar-refractivity contribution in [2.75, 3.05) is 0 Å². The molecule has 0 amide bonds. The van der Waals surface area contributed by atoms with E-state index < -0.39 is 0 Å². The van der Waals surface area contributed by atoms with Crippen LogP contribution in [0, 0.1) is 6.92 Å². The van der Waals surface area contributed by atoms with Crippen LogP contribution < -0.4 is 6.15 Å². The van der Waals surface area contributed by atoms with Crippen molar-refractivity contribution in [3.8, 4) is 0 Å². The van der Waals surface area contributed by atoms with E-state index in [0.717, 1.165) is 16.6 Å². The third-order valence-corrected chi connectivity index (χ3v) is 1.84. The van der Waals surface area contributed by atoms with Gasteiger partial charge in [-0.3, -0.25) is 9.67 Å². The summed E-state index contributed by atoms with van der Waals surface area (Å²) in [5.41, 5.74) is 2.17. The molecule has 0 aliphatic heterocycles. The molecule has 0 radical (unpaired) electrons. The Labute approximate surface area is 70.8 Å². The highest BCUT2D eigenvalue weighted by atomic mass is 15.3. The molecule has 0 aliphatic rings. The lowest BCUT2D eigenvalue weighted by atomic mass is 10.3. The topological polar surface area (TPSA) is 65.7 Å². The van der Waals surface area contributed by atoms with Crippen molar-refractivity contribution in [1.29, 1.82) is 0 Å². The second-order valence-electron chi connectivity index (χ2n) is 2.60. The Morgan fingerprint density at radius 3 is 2.83 bits per heavy atom. The molecule has 0 fully saturated rings. The Morgan fingerprint density at radius 2 is 2.17 bits per heavy atom. The third-order valence-electron chi connectivity index (χ3n) is 1.84. The lowest BCUT2D eigenvalue weighted by molar-refractivity contribution is 0.783. The minimum Gasteiger partial charge on any atom is -0.344 e. The molecule has 2 aromatic heterocycles. The third kappa shape index (κ3) is 1.06. The monoisotopic (exact) mass is 164 g/mol. The largest absolute Gasteiger partial charge is 0.344 e. The maximum absolute atomic E-state index is 4.27. The van der Waals surface area contributed by atoms with Gasteiger partial charge in [-0.2, -0.15) is 5.10 Å². The summed E-state index contributed by atoms with van der Waals surface area (Å²) in [6.45, 7) is 1.99. The minimum atomic E-state index is 0. The molecule has 0 saturated heterocycles. The van der Waals surface area contributed by atoms with Crippen molar-refractivity contribution >= 4 is 10.9 Å². The summed E-state index contributed by atoms with van der Waals surface area (Å²) in [5.74, 6) is 0. The molecule has 2 heterocycles. The number of hydrogen-bond donors (Lipinski definition) is 1. The van der Waals surface area contributed by atoms with Gasteiger partial charge in [-0.15, -0.1) is 0 Å². The number of fused-ring (bicyclic) bond motifs is 1. The van der Waals surface area contributed by atoms with Crippen LogP contribution >= 0.6 is 0 Å². The highest BCUT2D eigenvalue weighted by molar-refractivity contribution is 5.80. The maximum atomic E-state index is 4.27. The number of rotatable bonds is 0. The van der Waals surface area contributed by atoms with E-state index in [-0.39, 0.29) is 6.15 Å². The molecule has 0 saturated carbocycles. The minimum absolute atomic E-state index is 0. The van der Waals surface area contributed by atoms with Crippen molar-refractivity contribution in [1.82, 2.24) is 20.9 Å². The van der Waals surface area contributed by atoms with Crippen LogP contribution in [-0.2, 0) is 7.05 Å². The van der Waals surface area contributed by atoms with Crippen molar-refractivity contribution in [3.63, 3.8) is 0 Å². The zero-order valence-electron chi connectivity index (χ0n) is 7.28. The zero-order valence-corrected chi connectivity index (χ0v) is 7.28. The highest BCUT2D eigenvalue weighted by Gasteiger charge is 2.01. The van der Waals surface area contributed by atoms with Crippen LogP contribution in [0.3, 0.4) is 0 Å². The van der Waals surface area contributed by atoms with E-state index in [0.29, 0.717) is 0 Å². The molecule has 4 heteroatoms. The van der Waals surface area contributed by atoms with Crippen LogP contribution in [0.2, 0.25) is 0 Å². The second kappa shape index (κ2) is 2.91. The smallest absolute Gasteiger partial charge is 0.0712 e. The fourth-order valence-electron chi connectivity index (χ4n) is 1.28. The summed E-state index contributed by atoms with van der Waals surface area (Å²) in [7, 11) is 1.94. The van der Waals surface area contributed by atoms with Gasteiger partial charge in [-0.1, -0.05) is 0 Å². The van der Waals surface area contributed by atoms with Gasteiger partial charge in [0.25, 0.3) is 0 Å². The van der Waals surface area contributed by atoms with E-state index in [1.165, 1.54) is 0 Å². The Bertz CT molecular complexity index is 355. The number of aryl methyl sites for hydroxylation is 2. The molecule has 12 heavy (non-hydrogen) atoms. The molecule has 4 nitrogen and oxygen atoms in total. The van der Waals surface area contributed by atoms with Gasteiger partial charge in [0.2, 0.25) is 0 Å². The summed E-state index contributed by atoms with van der Waals surface area (Å²) in [6.07, 6.45) is 3.63. The molecule has 0 aromatic carbocycles. The zero-order chi connectivity index (χ0) is 7.84. The number of nitrogens with zero attached hydrogens (tertiary/aromatic N) is 3. The summed E-state index contributed by atoms with van der Waals surface area (Å²) in [6, 6.07) is 1.97. The van der Waals surface area contributed by atoms with E-state index in [1.54, 1.807) is 6.20 Å². The fraction of sp³-hybridized carbons (Fsp3) is 0.250. The van der Waals surface area contributed by atoms with Gasteiger partial charge in [0.15, 0.2) is 0 Å². The van der Waals surface area contributed by atoms with Gasteiger partial charge >= 0.3 is 0 Å². The standard InChI is InChI=1S/C8H9N3.H3N/c1-6-7-5-9-4-3-8(7)11(2)10-6;/h3-5H,1-2H3;1H3. The first-order valence-corrected chi connectivity index (χ1v) is 3.52. The first-order chi connectivity index (χ1) is 5.29. The molecule has 0 atom stereocenters. The highest BCUT2D eigenvalue weighted by Crippen LogP contribution is 2.14. The van der Waals surface area contributed by atoms with E-state index in [2.05, 4.69) is 10.1 Å². The van der Waals surface area contributed by atoms with Crippen LogP contribution in [-0.4, -0.2) is 14.8 Å². The Morgan fingerprint density at radius 1 is 1.42 bits per heavy atom. The Kier molecular flexibility index (Phi) is 2.10. The van der Waals surface area contributed by atoms with Crippen molar-refractivity contribution < 1.29 is 0 Å². The van der Waals surface area contributed by atoms with Gasteiger partial charge in [0, 0.05) is 24.8 Å². The van der Waals surface area contributed by atoms with E-state index in [4.69, 9.17) is 0 Å². The molecule has 64 valence electrons. The predicted molar refractivity (Wildman–Crippen MR) is 48.3 cm³/mol. The Balaban J connectivity index is 0.000000720. The number of pyridine rings is 1. The molecule has 3 N–H and O–H groups in total. The molecule has 0 unspecified atom stereocenters. The van der Waals surface area contributed by atoms with Crippen molar-refractivity contribution in [2.45, 2.75) is 6.92 Å². The van der Waals surface area contributed by atoms with Crippen LogP contribution in [0.5, 0.6) is 0 Å². The average molecular weight is 164 g/mol. The molecule has 2 aromatic rings. The number of hydrogen-bond acceptors (Lipinski definition) is 3. The average Bonchev–Trinajstić information content (AvgIpc) is 2.30. The van der Waals surface area contributed by atoms with Gasteiger partial charge in [-0.05, 0) is 13.0 Å². The molecule has 0 spiro atoms. The molecule has 0 bridgehead atoms. The summed E-state index contributed by atoms with van der Waals surface area (Å²) in [4.78, 5) is 4.03. The summed E-state index contributed by atoms with van der Waals surface area (Å²) >= 11 is 0. The quantitative estimate of drug-likeness (QED) is 0.640. The van der Waals surface area contributed by atoms with Crippen molar-refractivity contribution in [2.24, 2.45) is 7.05 Å². The lowest BCUT2D eigenvalue weighted by Gasteiger charge is -1.89. The van der Waals surface area contributed by atoms with Crippen LogP contribution in [0.1, 0.15) is 5.69 Å². The van der Waals surface area contributed by atoms with Crippen LogP contribution in [0.15, 0.2) is 18.5 Å². The van der Waals surface area contributed by atoms with Gasteiger partial charge in [-0.25, -0.2) is 0 Å². The summed E-state index contributed by atoms with van der Waals surface area (Å²) < 4.78 is 1.87. The lowest BCUT2D eigenvalue weighted by Crippen LogP contribution is -1.88. The maximum Gasteiger partial charge on any atom is 0.0712 e. The first kappa shape index (κ1) is 8.67. The summed E-state index contributed by atoms with van der Waals surface area (Å²) in [5, 5.41) is 5.40. The van der Waals surface area contributed by atoms with Crippen LogP contribution in [0.25, 0.3) is 10.9 Å². The van der Waals surface area contributed by atoms with Gasteiger partial charge in [0.05, 0.1) is 11.2 Å². The van der Waals surface area contributed by atoms with Crippen molar-refractivity contribution in [3.05, 3.63) is 24.2 Å². The first-order valence-electron chi connectivity index (χ1n) is 3.52. The normalized spacial score (nSPS) is 9.83. The molecular formula is C8H12N4. The fourth-order valence-corrected chi connectivity index (χ4v) is 1.28. The van der Waals surface area contributed by atoms with Gasteiger partial charge in [0.1, 0.15) is 0 Å². The molecular weight excluding hydrogens is 152 g/mol. The van der Waals surface area contributed by atoms with Gasteiger partial charge < -0.3 is 6.15 Å². The predicted octanol–water partition coefficient (Wildman–Crippen LogP) is 1.44. The van der Waals surface area contributed by atoms with E-state index >= 15 is 0 Å². The van der Waals surface area contributed by atoms with Crippen LogP contribution in [0.4, 0.5) is 0 Å². The molecule has 0 aliphatic carbocycles.